The van der Waals surface area contributed by atoms with Crippen LogP contribution in [0.25, 0.3) is 11.3 Å². The summed E-state index contributed by atoms with van der Waals surface area (Å²) in [5.41, 5.74) is 3.93. The Morgan fingerprint density at radius 1 is 1.24 bits per heavy atom. The molecule has 1 unspecified atom stereocenters. The molecule has 0 bridgehead atoms. The third kappa shape index (κ3) is 5.46. The molecule has 0 amide bonds. The van der Waals surface area contributed by atoms with Crippen molar-refractivity contribution in [1.82, 2.24) is 5.16 Å². The summed E-state index contributed by atoms with van der Waals surface area (Å²) in [6.07, 6.45) is 3.55. The van der Waals surface area contributed by atoms with Gasteiger partial charge in [0.2, 0.25) is 0 Å². The molecule has 2 aromatic rings. The maximum absolute atomic E-state index is 11.6. The van der Waals surface area contributed by atoms with Gasteiger partial charge in [-0.2, -0.15) is 0 Å². The number of carboxylic acids is 1. The molecule has 0 aliphatic heterocycles. The molecule has 1 aliphatic carbocycles. The number of carbonyl (C=O) groups is 2. The number of aliphatic carboxylic acids is 1. The highest BCUT2D eigenvalue weighted by Gasteiger charge is 2.36. The maximum atomic E-state index is 11.6. The molecule has 6 heteroatoms. The van der Waals surface area contributed by atoms with E-state index in [0.717, 1.165) is 36.1 Å². The molecule has 1 N–H and O–H groups in total. The average molecular weight is 399 g/mol. The third-order valence-corrected chi connectivity index (χ3v) is 5.33. The zero-order valence-corrected chi connectivity index (χ0v) is 17.3. The van der Waals surface area contributed by atoms with E-state index in [1.807, 2.05) is 0 Å². The molecule has 6 nitrogen and oxygen atoms in total. The van der Waals surface area contributed by atoms with Crippen LogP contribution in [0, 0.1) is 5.92 Å². The first kappa shape index (κ1) is 21.1. The lowest BCUT2D eigenvalue weighted by Gasteiger charge is -2.13. The van der Waals surface area contributed by atoms with Crippen LogP contribution >= 0.6 is 0 Å². The van der Waals surface area contributed by atoms with Crippen molar-refractivity contribution >= 4 is 11.9 Å². The van der Waals surface area contributed by atoms with Crippen molar-refractivity contribution in [1.29, 1.82) is 0 Å². The first-order chi connectivity index (χ1) is 13.9. The Balaban J connectivity index is 1.90. The number of aromatic nitrogens is 1. The average Bonchev–Trinajstić information content (AvgIpc) is 3.43. The van der Waals surface area contributed by atoms with E-state index in [2.05, 4.69) is 43.3 Å². The lowest BCUT2D eigenvalue weighted by atomic mass is 9.89. The molecular weight excluding hydrogens is 370 g/mol. The van der Waals surface area contributed by atoms with Crippen molar-refractivity contribution in [3.8, 4) is 11.3 Å². The highest BCUT2D eigenvalue weighted by atomic mass is 16.5. The SMILES string of the molecule is COC(=O)CCC(CC(=O)O)c1noc(-c2ccc(CC(C)C)cc2)c1C1CC1. The number of esters is 1. The van der Waals surface area contributed by atoms with Gasteiger partial charge >= 0.3 is 11.9 Å². The molecule has 3 rings (SSSR count). The van der Waals surface area contributed by atoms with Crippen LogP contribution in [0.15, 0.2) is 28.8 Å². The maximum Gasteiger partial charge on any atom is 0.305 e. The molecule has 1 saturated carbocycles. The lowest BCUT2D eigenvalue weighted by Crippen LogP contribution is -2.11. The number of nitrogens with zero attached hydrogens (tertiary/aromatic N) is 1. The standard InChI is InChI=1S/C23H29NO5/c1-14(2)12-15-4-6-17(7-5-15)23-21(16-8-9-16)22(24-29-23)18(13-19(25)26)10-11-20(27)28-3/h4-7,14,16,18H,8-13H2,1-3H3,(H,25,26). The normalized spacial score (nSPS) is 14.8. The Morgan fingerprint density at radius 2 is 1.93 bits per heavy atom. The summed E-state index contributed by atoms with van der Waals surface area (Å²) in [6.45, 7) is 4.39. The first-order valence-electron chi connectivity index (χ1n) is 10.3. The predicted octanol–water partition coefficient (Wildman–Crippen LogP) is 4.93. The summed E-state index contributed by atoms with van der Waals surface area (Å²) in [4.78, 5) is 23.0. The van der Waals surface area contributed by atoms with Crippen LogP contribution in [0.5, 0.6) is 0 Å². The van der Waals surface area contributed by atoms with E-state index in [1.165, 1.54) is 12.7 Å². The van der Waals surface area contributed by atoms with E-state index in [4.69, 9.17) is 9.26 Å². The third-order valence-electron chi connectivity index (χ3n) is 5.33. The lowest BCUT2D eigenvalue weighted by molar-refractivity contribution is -0.142. The number of carboxylic acid groups (broad SMARTS) is 1. The number of benzene rings is 1. The van der Waals surface area contributed by atoms with Crippen LogP contribution < -0.4 is 0 Å². The minimum Gasteiger partial charge on any atom is -0.481 e. The van der Waals surface area contributed by atoms with Crippen molar-refractivity contribution in [3.05, 3.63) is 41.1 Å². The van der Waals surface area contributed by atoms with Gasteiger partial charge < -0.3 is 14.4 Å². The fraction of sp³-hybridized carbons (Fsp3) is 0.522. The van der Waals surface area contributed by atoms with Crippen molar-refractivity contribution in [3.63, 3.8) is 0 Å². The van der Waals surface area contributed by atoms with Crippen LogP contribution in [0.3, 0.4) is 0 Å². The van der Waals surface area contributed by atoms with Gasteiger partial charge in [-0.3, -0.25) is 9.59 Å². The van der Waals surface area contributed by atoms with Gasteiger partial charge in [0.25, 0.3) is 0 Å². The van der Waals surface area contributed by atoms with E-state index in [0.29, 0.717) is 24.0 Å². The van der Waals surface area contributed by atoms with Gasteiger partial charge in [-0.15, -0.1) is 0 Å². The minimum atomic E-state index is -0.913. The number of rotatable bonds is 10. The second kappa shape index (κ2) is 9.25. The molecule has 0 radical (unpaired) electrons. The number of methoxy groups -OCH3 is 1. The number of carbonyl (C=O) groups excluding carboxylic acids is 1. The van der Waals surface area contributed by atoms with Gasteiger partial charge in [-0.25, -0.2) is 0 Å². The smallest absolute Gasteiger partial charge is 0.305 e. The van der Waals surface area contributed by atoms with Crippen LogP contribution in [-0.4, -0.2) is 29.3 Å². The van der Waals surface area contributed by atoms with Crippen molar-refractivity contribution < 1.29 is 24.0 Å². The molecule has 0 spiro atoms. The molecule has 1 fully saturated rings. The molecule has 1 aliphatic rings. The molecule has 1 aromatic heterocycles. The summed E-state index contributed by atoms with van der Waals surface area (Å²) in [5.74, 6) is 0.0244. The van der Waals surface area contributed by atoms with E-state index in [1.54, 1.807) is 0 Å². The Hall–Kier alpha value is -2.63. The van der Waals surface area contributed by atoms with Crippen LogP contribution in [0.2, 0.25) is 0 Å². The summed E-state index contributed by atoms with van der Waals surface area (Å²) < 4.78 is 10.5. The fourth-order valence-corrected chi connectivity index (χ4v) is 3.78. The predicted molar refractivity (Wildman–Crippen MR) is 109 cm³/mol. The van der Waals surface area contributed by atoms with Crippen molar-refractivity contribution in [2.45, 2.75) is 64.2 Å². The summed E-state index contributed by atoms with van der Waals surface area (Å²) in [6, 6.07) is 8.32. The van der Waals surface area contributed by atoms with E-state index < -0.39 is 5.97 Å². The van der Waals surface area contributed by atoms with Crippen molar-refractivity contribution in [2.75, 3.05) is 7.11 Å². The highest BCUT2D eigenvalue weighted by molar-refractivity contribution is 5.71. The molecule has 1 heterocycles. The van der Waals surface area contributed by atoms with Crippen LogP contribution in [-0.2, 0) is 20.7 Å². The summed E-state index contributed by atoms with van der Waals surface area (Å²) in [7, 11) is 1.33. The van der Waals surface area contributed by atoms with Gasteiger partial charge in [0.1, 0.15) is 0 Å². The number of hydrogen-bond donors (Lipinski definition) is 1. The van der Waals surface area contributed by atoms with Crippen LogP contribution in [0.4, 0.5) is 0 Å². The van der Waals surface area contributed by atoms with Crippen LogP contribution in [0.1, 0.15) is 74.6 Å². The zero-order chi connectivity index (χ0) is 21.0. The molecule has 1 aromatic carbocycles. The Morgan fingerprint density at radius 3 is 2.48 bits per heavy atom. The molecule has 156 valence electrons. The van der Waals surface area contributed by atoms with Gasteiger partial charge in [0.05, 0.1) is 19.2 Å². The Bertz CT molecular complexity index is 849. The quantitative estimate of drug-likeness (QED) is 0.570. The summed E-state index contributed by atoms with van der Waals surface area (Å²) >= 11 is 0. The largest absolute Gasteiger partial charge is 0.481 e. The summed E-state index contributed by atoms with van der Waals surface area (Å²) in [5, 5.41) is 13.7. The highest BCUT2D eigenvalue weighted by Crippen LogP contribution is 2.48. The van der Waals surface area contributed by atoms with E-state index in [-0.39, 0.29) is 24.7 Å². The number of ether oxygens (including phenoxy) is 1. The fourth-order valence-electron chi connectivity index (χ4n) is 3.78. The van der Waals surface area contributed by atoms with Gasteiger partial charge in [-0.1, -0.05) is 43.3 Å². The molecular formula is C23H29NO5. The minimum absolute atomic E-state index is 0.0873. The molecule has 0 saturated heterocycles. The second-order valence-electron chi connectivity index (χ2n) is 8.29. The first-order valence-corrected chi connectivity index (χ1v) is 10.3. The van der Waals surface area contributed by atoms with Crippen molar-refractivity contribution in [2.24, 2.45) is 5.92 Å². The molecule has 29 heavy (non-hydrogen) atoms. The van der Waals surface area contributed by atoms with Gasteiger partial charge in [-0.05, 0) is 43.1 Å². The van der Waals surface area contributed by atoms with Gasteiger partial charge in [0.15, 0.2) is 5.76 Å². The van der Waals surface area contributed by atoms with Gasteiger partial charge in [0, 0.05) is 23.5 Å². The van der Waals surface area contributed by atoms with E-state index in [9.17, 15) is 14.7 Å². The molecule has 1 atom stereocenters. The Kier molecular flexibility index (Phi) is 6.72. The number of hydrogen-bond acceptors (Lipinski definition) is 5. The topological polar surface area (TPSA) is 89.6 Å². The van der Waals surface area contributed by atoms with E-state index >= 15 is 0 Å². The second-order valence-corrected chi connectivity index (χ2v) is 8.29. The zero-order valence-electron chi connectivity index (χ0n) is 17.3. The Labute approximate surface area is 171 Å². The monoisotopic (exact) mass is 399 g/mol.